The van der Waals surface area contributed by atoms with Gasteiger partial charge in [-0.25, -0.2) is 0 Å². The Balaban J connectivity index is 1.70. The van der Waals surface area contributed by atoms with Crippen LogP contribution >= 0.6 is 7.60 Å². The zero-order valence-corrected chi connectivity index (χ0v) is 24.3. The van der Waals surface area contributed by atoms with E-state index in [0.29, 0.717) is 25.7 Å². The average molecular weight is 551 g/mol. The normalized spacial score (nSPS) is 16.1. The van der Waals surface area contributed by atoms with E-state index in [9.17, 15) is 13.0 Å². The van der Waals surface area contributed by atoms with Gasteiger partial charge in [0.1, 0.15) is 0 Å². The third-order valence-corrected chi connectivity index (χ3v) is 12.0. The Morgan fingerprint density at radius 1 is 0.865 bits per heavy atom. The summed E-state index contributed by atoms with van der Waals surface area (Å²) in [5.74, 6) is 0. The molecule has 0 saturated heterocycles. The fourth-order valence-corrected chi connectivity index (χ4v) is 9.54. The number of hydrogen-bond acceptors (Lipinski definition) is 6. The van der Waals surface area contributed by atoms with E-state index in [1.165, 1.54) is 11.1 Å². The molecule has 8 heteroatoms. The fraction of sp³-hybridized carbons (Fsp3) is 0.586. The van der Waals surface area contributed by atoms with Crippen molar-refractivity contribution in [3.63, 3.8) is 0 Å². The Morgan fingerprint density at radius 3 is 2.16 bits per heavy atom. The summed E-state index contributed by atoms with van der Waals surface area (Å²) in [6, 6.07) is 17.0. The van der Waals surface area contributed by atoms with E-state index >= 15 is 0 Å². The largest absolute Gasteiger partial charge is 0.351 e. The van der Waals surface area contributed by atoms with Crippen molar-refractivity contribution in [2.75, 3.05) is 13.2 Å². The predicted molar refractivity (Wildman–Crippen MR) is 150 cm³/mol. The molecule has 206 valence electrons. The van der Waals surface area contributed by atoms with E-state index in [1.807, 2.05) is 0 Å². The van der Waals surface area contributed by atoms with E-state index < -0.39 is 22.7 Å². The molecule has 2 aromatic carbocycles. The molecule has 1 saturated carbocycles. The SMILES string of the molecule is CCCc1cccc(-c2ccc(CCCC(P(=O)(OCC)OCC)S(=O)(=O)OC3CCCCC3)cc2)c1. The van der Waals surface area contributed by atoms with Gasteiger partial charge < -0.3 is 9.05 Å². The first-order valence-electron chi connectivity index (χ1n) is 13.8. The van der Waals surface area contributed by atoms with E-state index in [1.54, 1.807) is 13.8 Å². The van der Waals surface area contributed by atoms with Crippen molar-refractivity contribution < 1.29 is 26.2 Å². The third-order valence-electron chi connectivity index (χ3n) is 6.80. The lowest BCUT2D eigenvalue weighted by molar-refractivity contribution is 0.158. The summed E-state index contributed by atoms with van der Waals surface area (Å²) < 4.78 is 56.9. The minimum atomic E-state index is -4.14. The second-order valence-electron chi connectivity index (χ2n) is 9.72. The van der Waals surface area contributed by atoms with Crippen molar-refractivity contribution in [2.45, 2.75) is 96.1 Å². The van der Waals surface area contributed by atoms with Crippen LogP contribution in [-0.2, 0) is 40.8 Å². The van der Waals surface area contributed by atoms with Crippen LogP contribution in [0.25, 0.3) is 11.1 Å². The minimum Gasteiger partial charge on any atom is -0.308 e. The molecule has 0 spiro atoms. The van der Waals surface area contributed by atoms with Gasteiger partial charge >= 0.3 is 7.60 Å². The standard InChI is InChI=1S/C29H43O6PS/c1-4-12-25-14-10-15-27(23-25)26-21-19-24(20-22-26)13-11-18-29(36(30,33-5-2)34-6-3)37(31,32)35-28-16-8-7-9-17-28/h10,14-15,19-23,28-29H,4-9,11-13,16-18H2,1-3H3. The summed E-state index contributed by atoms with van der Waals surface area (Å²) in [6.07, 6.45) is 7.52. The Bertz CT molecular complexity index is 1100. The first-order valence-corrected chi connectivity index (χ1v) is 16.9. The molecule has 0 bridgehead atoms. The van der Waals surface area contributed by atoms with Gasteiger partial charge in [0.05, 0.1) is 19.3 Å². The maximum absolute atomic E-state index is 13.6. The molecule has 1 unspecified atom stereocenters. The van der Waals surface area contributed by atoms with Crippen molar-refractivity contribution in [1.82, 2.24) is 0 Å². The molecule has 37 heavy (non-hydrogen) atoms. The summed E-state index contributed by atoms with van der Waals surface area (Å²) in [5.41, 5.74) is 4.78. The number of hydrogen-bond donors (Lipinski definition) is 0. The lowest BCUT2D eigenvalue weighted by atomic mass is 9.98. The van der Waals surface area contributed by atoms with Crippen LogP contribution in [0.2, 0.25) is 0 Å². The lowest BCUT2D eigenvalue weighted by Gasteiger charge is -2.28. The zero-order chi connectivity index (χ0) is 26.7. The van der Waals surface area contributed by atoms with Gasteiger partial charge in [-0.15, -0.1) is 0 Å². The molecule has 0 heterocycles. The van der Waals surface area contributed by atoms with Gasteiger partial charge in [0.25, 0.3) is 10.1 Å². The first kappa shape index (κ1) is 30.0. The predicted octanol–water partition coefficient (Wildman–Crippen LogP) is 7.90. The summed E-state index contributed by atoms with van der Waals surface area (Å²) >= 11 is 0. The smallest absolute Gasteiger partial charge is 0.308 e. The molecular formula is C29H43O6PS. The highest BCUT2D eigenvalue weighted by Gasteiger charge is 2.46. The van der Waals surface area contributed by atoms with Gasteiger partial charge in [0.2, 0.25) is 0 Å². The highest BCUT2D eigenvalue weighted by Crippen LogP contribution is 2.57. The lowest BCUT2D eigenvalue weighted by Crippen LogP contribution is -2.31. The molecule has 0 N–H and O–H groups in total. The molecule has 0 amide bonds. The molecule has 1 atom stereocenters. The van der Waals surface area contributed by atoms with Crippen LogP contribution in [0.1, 0.15) is 83.3 Å². The highest BCUT2D eigenvalue weighted by atomic mass is 32.2. The topological polar surface area (TPSA) is 78.9 Å². The van der Waals surface area contributed by atoms with E-state index in [-0.39, 0.29) is 25.7 Å². The maximum Gasteiger partial charge on any atom is 0.351 e. The summed E-state index contributed by atoms with van der Waals surface area (Å²) in [7, 11) is -8.05. The van der Waals surface area contributed by atoms with E-state index in [2.05, 4.69) is 55.5 Å². The number of aryl methyl sites for hydroxylation is 2. The van der Waals surface area contributed by atoms with Crippen molar-refractivity contribution in [3.05, 3.63) is 59.7 Å². The molecule has 1 aliphatic rings. The van der Waals surface area contributed by atoms with Gasteiger partial charge in [-0.2, -0.15) is 8.42 Å². The Kier molecular flexibility index (Phi) is 11.9. The van der Waals surface area contributed by atoms with Crippen LogP contribution in [0.3, 0.4) is 0 Å². The second kappa shape index (κ2) is 14.6. The maximum atomic E-state index is 13.6. The summed E-state index contributed by atoms with van der Waals surface area (Å²) in [4.78, 5) is -1.33. The van der Waals surface area contributed by atoms with Crippen LogP contribution in [0.5, 0.6) is 0 Å². The third kappa shape index (κ3) is 8.76. The molecule has 3 rings (SSSR count). The van der Waals surface area contributed by atoms with Crippen molar-refractivity contribution in [1.29, 1.82) is 0 Å². The van der Waals surface area contributed by atoms with Gasteiger partial charge in [0.15, 0.2) is 4.99 Å². The quantitative estimate of drug-likeness (QED) is 0.166. The van der Waals surface area contributed by atoms with Crippen LogP contribution < -0.4 is 0 Å². The first-order chi connectivity index (χ1) is 17.8. The molecular weight excluding hydrogens is 507 g/mol. The van der Waals surface area contributed by atoms with Crippen molar-refractivity contribution in [3.8, 4) is 11.1 Å². The summed E-state index contributed by atoms with van der Waals surface area (Å²) in [5, 5.41) is 0. The van der Waals surface area contributed by atoms with Crippen LogP contribution in [0.4, 0.5) is 0 Å². The van der Waals surface area contributed by atoms with Crippen molar-refractivity contribution >= 4 is 17.7 Å². The van der Waals surface area contributed by atoms with Crippen LogP contribution in [0.15, 0.2) is 48.5 Å². The minimum absolute atomic E-state index is 0.105. The van der Waals surface area contributed by atoms with Gasteiger partial charge in [-0.05, 0) is 74.6 Å². The zero-order valence-electron chi connectivity index (χ0n) is 22.6. The summed E-state index contributed by atoms with van der Waals surface area (Å²) in [6.45, 7) is 5.77. The Hall–Kier alpha value is -1.50. The van der Waals surface area contributed by atoms with Gasteiger partial charge in [-0.3, -0.25) is 8.75 Å². The second-order valence-corrected chi connectivity index (χ2v) is 14.0. The molecule has 0 aliphatic heterocycles. The number of benzene rings is 2. The Morgan fingerprint density at radius 2 is 1.54 bits per heavy atom. The molecule has 2 aromatic rings. The highest BCUT2D eigenvalue weighted by molar-refractivity contribution is 7.94. The molecule has 6 nitrogen and oxygen atoms in total. The van der Waals surface area contributed by atoms with Gasteiger partial charge in [-0.1, -0.05) is 81.1 Å². The Labute approximate surface area is 223 Å². The molecule has 1 aliphatic carbocycles. The van der Waals surface area contributed by atoms with E-state index in [4.69, 9.17) is 13.2 Å². The molecule has 0 radical (unpaired) electrons. The van der Waals surface area contributed by atoms with Crippen LogP contribution in [-0.4, -0.2) is 32.7 Å². The fourth-order valence-electron chi connectivity index (χ4n) is 4.98. The average Bonchev–Trinajstić information content (AvgIpc) is 2.88. The van der Waals surface area contributed by atoms with Crippen LogP contribution in [0, 0.1) is 0 Å². The van der Waals surface area contributed by atoms with Crippen molar-refractivity contribution in [2.24, 2.45) is 0 Å². The van der Waals surface area contributed by atoms with E-state index in [0.717, 1.165) is 43.2 Å². The monoisotopic (exact) mass is 550 g/mol. The number of rotatable bonds is 15. The molecule has 0 aromatic heterocycles. The molecule has 1 fully saturated rings. The van der Waals surface area contributed by atoms with Gasteiger partial charge in [0, 0.05) is 0 Å².